The fourth-order valence-electron chi connectivity index (χ4n) is 8.11. The van der Waals surface area contributed by atoms with Crippen LogP contribution >= 0.6 is 0 Å². The summed E-state index contributed by atoms with van der Waals surface area (Å²) in [6.07, 6.45) is 0. The molecule has 1 heterocycles. The van der Waals surface area contributed by atoms with Gasteiger partial charge < -0.3 is 9.32 Å². The van der Waals surface area contributed by atoms with Crippen LogP contribution in [0.3, 0.4) is 0 Å². The Morgan fingerprint density at radius 2 is 1.02 bits per heavy atom. The predicted molar refractivity (Wildman–Crippen MR) is 206 cm³/mol. The standard InChI is InChI=1S/C47H33NO/c1-47(2)42-19-11-10-18-37(42)38-23-22-36(27-43(38)47)48(35-21-20-30-12-6-7-15-32(30)24-35)44-29-46-41(28-39(44)31-13-4-3-5-14-31)40-25-33-16-8-9-17-34(33)26-45(40)49-46/h3-29H,1-2H3. The molecule has 0 saturated heterocycles. The number of hydrogen-bond donors (Lipinski definition) is 0. The van der Waals surface area contributed by atoms with E-state index in [0.717, 1.165) is 50.1 Å². The Morgan fingerprint density at radius 1 is 0.429 bits per heavy atom. The molecule has 49 heavy (non-hydrogen) atoms. The highest BCUT2D eigenvalue weighted by Crippen LogP contribution is 2.52. The average Bonchev–Trinajstić information content (AvgIpc) is 3.60. The Kier molecular flexibility index (Phi) is 5.95. The van der Waals surface area contributed by atoms with Crippen LogP contribution in [-0.4, -0.2) is 0 Å². The molecule has 1 aliphatic carbocycles. The molecule has 9 aromatic rings. The summed E-state index contributed by atoms with van der Waals surface area (Å²) in [5.74, 6) is 0. The molecule has 0 N–H and O–H groups in total. The first-order valence-electron chi connectivity index (χ1n) is 17.0. The van der Waals surface area contributed by atoms with E-state index in [-0.39, 0.29) is 5.41 Å². The summed E-state index contributed by atoms with van der Waals surface area (Å²) in [6.45, 7) is 4.70. The summed E-state index contributed by atoms with van der Waals surface area (Å²) in [5, 5.41) is 7.07. The fraction of sp³-hybridized carbons (Fsp3) is 0.0638. The second kappa shape index (κ2) is 10.4. The maximum absolute atomic E-state index is 6.71. The van der Waals surface area contributed by atoms with Gasteiger partial charge in [-0.05, 0) is 91.8 Å². The Balaban J connectivity index is 1.27. The lowest BCUT2D eigenvalue weighted by molar-refractivity contribution is 0.660. The number of benzene rings is 8. The molecule has 0 atom stereocenters. The van der Waals surface area contributed by atoms with Crippen LogP contribution in [0.15, 0.2) is 168 Å². The van der Waals surface area contributed by atoms with Crippen molar-refractivity contribution in [3.8, 4) is 22.3 Å². The van der Waals surface area contributed by atoms with Crippen LogP contribution in [0.1, 0.15) is 25.0 Å². The first-order chi connectivity index (χ1) is 24.0. The average molecular weight is 628 g/mol. The maximum atomic E-state index is 6.71. The van der Waals surface area contributed by atoms with Crippen LogP contribution in [0.4, 0.5) is 17.1 Å². The molecule has 0 aliphatic heterocycles. The normalized spacial score (nSPS) is 13.3. The topological polar surface area (TPSA) is 16.4 Å². The first-order valence-corrected chi connectivity index (χ1v) is 17.0. The molecule has 1 aromatic heterocycles. The number of hydrogen-bond acceptors (Lipinski definition) is 2. The lowest BCUT2D eigenvalue weighted by atomic mass is 9.82. The minimum atomic E-state index is -0.121. The number of nitrogens with zero attached hydrogens (tertiary/aromatic N) is 1. The quantitative estimate of drug-likeness (QED) is 0.193. The van der Waals surface area contributed by atoms with Crippen LogP contribution in [-0.2, 0) is 5.41 Å². The van der Waals surface area contributed by atoms with Gasteiger partial charge in [-0.15, -0.1) is 0 Å². The minimum absolute atomic E-state index is 0.121. The third-order valence-electron chi connectivity index (χ3n) is 10.6. The SMILES string of the molecule is CC1(C)c2ccccc2-c2ccc(N(c3ccc4ccccc4c3)c3cc4oc5cc6ccccc6cc5c4cc3-c3ccccc3)cc21. The van der Waals surface area contributed by atoms with Crippen molar-refractivity contribution in [3.05, 3.63) is 175 Å². The number of anilines is 3. The van der Waals surface area contributed by atoms with Gasteiger partial charge in [0.1, 0.15) is 11.2 Å². The second-order valence-corrected chi connectivity index (χ2v) is 13.8. The molecule has 2 heteroatoms. The van der Waals surface area contributed by atoms with E-state index in [1.807, 2.05) is 0 Å². The zero-order valence-electron chi connectivity index (χ0n) is 27.4. The molecular weight excluding hydrogens is 595 g/mol. The zero-order valence-corrected chi connectivity index (χ0v) is 27.4. The van der Waals surface area contributed by atoms with E-state index in [1.54, 1.807) is 0 Å². The summed E-state index contributed by atoms with van der Waals surface area (Å²) in [6, 6.07) is 59.6. The first kappa shape index (κ1) is 27.9. The Hall–Kier alpha value is -6.12. The summed E-state index contributed by atoms with van der Waals surface area (Å²) >= 11 is 0. The second-order valence-electron chi connectivity index (χ2n) is 13.8. The van der Waals surface area contributed by atoms with Gasteiger partial charge in [-0.2, -0.15) is 0 Å². The predicted octanol–water partition coefficient (Wildman–Crippen LogP) is 13.3. The van der Waals surface area contributed by atoms with Crippen molar-refractivity contribution in [2.75, 3.05) is 4.90 Å². The molecule has 10 rings (SSSR count). The minimum Gasteiger partial charge on any atom is -0.456 e. The van der Waals surface area contributed by atoms with Gasteiger partial charge in [0.25, 0.3) is 0 Å². The molecule has 2 nitrogen and oxygen atoms in total. The molecular formula is C47H33NO. The largest absolute Gasteiger partial charge is 0.456 e. The summed E-state index contributed by atoms with van der Waals surface area (Å²) < 4.78 is 6.71. The Morgan fingerprint density at radius 3 is 1.84 bits per heavy atom. The number of rotatable bonds is 4. The summed E-state index contributed by atoms with van der Waals surface area (Å²) in [7, 11) is 0. The highest BCUT2D eigenvalue weighted by molar-refractivity contribution is 6.13. The Labute approximate surface area is 285 Å². The van der Waals surface area contributed by atoms with Crippen LogP contribution in [0, 0.1) is 0 Å². The van der Waals surface area contributed by atoms with E-state index in [9.17, 15) is 0 Å². The van der Waals surface area contributed by atoms with Gasteiger partial charge in [0.05, 0.1) is 5.69 Å². The van der Waals surface area contributed by atoms with E-state index < -0.39 is 0 Å². The monoisotopic (exact) mass is 627 g/mol. The number of fused-ring (bicyclic) bond motifs is 8. The van der Waals surface area contributed by atoms with Gasteiger partial charge in [-0.25, -0.2) is 0 Å². The van der Waals surface area contributed by atoms with Crippen molar-refractivity contribution < 1.29 is 4.42 Å². The van der Waals surface area contributed by atoms with Crippen molar-refractivity contribution in [1.29, 1.82) is 0 Å². The van der Waals surface area contributed by atoms with Crippen LogP contribution in [0.25, 0.3) is 65.7 Å². The van der Waals surface area contributed by atoms with E-state index >= 15 is 0 Å². The van der Waals surface area contributed by atoms with Crippen molar-refractivity contribution in [2.45, 2.75) is 19.3 Å². The third kappa shape index (κ3) is 4.27. The smallest absolute Gasteiger partial charge is 0.137 e. The van der Waals surface area contributed by atoms with Crippen LogP contribution < -0.4 is 4.90 Å². The Bertz CT molecular complexity index is 2750. The number of furan rings is 1. The molecule has 232 valence electrons. The van der Waals surface area contributed by atoms with Gasteiger partial charge in [-0.3, -0.25) is 0 Å². The lowest BCUT2D eigenvalue weighted by Gasteiger charge is -2.30. The van der Waals surface area contributed by atoms with E-state index in [0.29, 0.717) is 0 Å². The molecule has 0 fully saturated rings. The summed E-state index contributed by atoms with van der Waals surface area (Å²) in [4.78, 5) is 2.43. The van der Waals surface area contributed by atoms with Gasteiger partial charge in [-0.1, -0.05) is 129 Å². The molecule has 0 amide bonds. The van der Waals surface area contributed by atoms with Gasteiger partial charge >= 0.3 is 0 Å². The lowest BCUT2D eigenvalue weighted by Crippen LogP contribution is -2.17. The third-order valence-corrected chi connectivity index (χ3v) is 10.6. The molecule has 0 bridgehead atoms. The molecule has 0 saturated carbocycles. The highest BCUT2D eigenvalue weighted by atomic mass is 16.3. The molecule has 8 aromatic carbocycles. The van der Waals surface area contributed by atoms with Crippen LogP contribution in [0.2, 0.25) is 0 Å². The van der Waals surface area contributed by atoms with Gasteiger partial charge in [0.15, 0.2) is 0 Å². The van der Waals surface area contributed by atoms with Crippen molar-refractivity contribution in [3.63, 3.8) is 0 Å². The molecule has 0 spiro atoms. The van der Waals surface area contributed by atoms with Gasteiger partial charge in [0, 0.05) is 39.2 Å². The van der Waals surface area contributed by atoms with E-state index in [1.165, 1.54) is 43.8 Å². The van der Waals surface area contributed by atoms with Crippen molar-refractivity contribution >= 4 is 60.5 Å². The summed E-state index contributed by atoms with van der Waals surface area (Å²) in [5.41, 5.74) is 12.6. The zero-order chi connectivity index (χ0) is 32.7. The van der Waals surface area contributed by atoms with Gasteiger partial charge in [0.2, 0.25) is 0 Å². The highest BCUT2D eigenvalue weighted by Gasteiger charge is 2.36. The van der Waals surface area contributed by atoms with Crippen molar-refractivity contribution in [1.82, 2.24) is 0 Å². The molecule has 1 aliphatic rings. The van der Waals surface area contributed by atoms with Crippen molar-refractivity contribution in [2.24, 2.45) is 0 Å². The molecule has 0 radical (unpaired) electrons. The van der Waals surface area contributed by atoms with Crippen LogP contribution in [0.5, 0.6) is 0 Å². The van der Waals surface area contributed by atoms with E-state index in [2.05, 4.69) is 183 Å². The fourth-order valence-corrected chi connectivity index (χ4v) is 8.11. The maximum Gasteiger partial charge on any atom is 0.137 e. The molecule has 0 unspecified atom stereocenters. The van der Waals surface area contributed by atoms with E-state index in [4.69, 9.17) is 4.42 Å².